The maximum Gasteiger partial charge on any atom is 0.119 e. The van der Waals surface area contributed by atoms with Crippen LogP contribution in [-0.2, 0) is 6.61 Å². The minimum atomic E-state index is 0.0201. The van der Waals surface area contributed by atoms with Crippen LogP contribution in [0.15, 0.2) is 42.7 Å². The largest absolute Gasteiger partial charge is 0.497 e. The second-order valence-electron chi connectivity index (χ2n) is 5.01. The first-order chi connectivity index (χ1) is 10.2. The number of ether oxygens (including phenoxy) is 1. The predicted molar refractivity (Wildman–Crippen MR) is 86.1 cm³/mol. The zero-order valence-electron chi connectivity index (χ0n) is 12.0. The zero-order chi connectivity index (χ0) is 14.8. The lowest BCUT2D eigenvalue weighted by atomic mass is 9.96. The monoisotopic (exact) mass is 299 g/mol. The molecular weight excluding hydrogens is 282 g/mol. The Morgan fingerprint density at radius 3 is 2.90 bits per heavy atom. The topological polar surface area (TPSA) is 42.4 Å². The van der Waals surface area contributed by atoms with Crippen LogP contribution in [0.4, 0.5) is 0 Å². The molecule has 0 radical (unpaired) electrons. The maximum atomic E-state index is 9.47. The van der Waals surface area contributed by atoms with Gasteiger partial charge in [0.15, 0.2) is 0 Å². The van der Waals surface area contributed by atoms with Gasteiger partial charge in [-0.3, -0.25) is 4.98 Å². The number of benzene rings is 1. The standard InChI is InChI=1S/C17H17NO2S/c1-11(15-5-6-18-9-13(15)10-19)17-8-12-7-14(20-2)3-4-16(12)21-17/h3-9,11,19H,10H2,1-2H3. The summed E-state index contributed by atoms with van der Waals surface area (Å²) in [5.41, 5.74) is 2.02. The molecule has 0 spiro atoms. The SMILES string of the molecule is COc1ccc2sc(C(C)c3ccncc3CO)cc2c1. The number of methoxy groups -OCH3 is 1. The molecule has 1 unspecified atom stereocenters. The van der Waals surface area contributed by atoms with E-state index in [-0.39, 0.29) is 12.5 Å². The molecule has 0 bridgehead atoms. The number of hydrogen-bond donors (Lipinski definition) is 1. The fourth-order valence-electron chi connectivity index (χ4n) is 2.53. The third-order valence-corrected chi connectivity index (χ3v) is 5.05. The summed E-state index contributed by atoms with van der Waals surface area (Å²) in [6.45, 7) is 2.18. The van der Waals surface area contributed by atoms with Gasteiger partial charge in [0.2, 0.25) is 0 Å². The predicted octanol–water partition coefficient (Wildman–Crippen LogP) is 3.95. The van der Waals surface area contributed by atoms with Crippen LogP contribution in [0.2, 0.25) is 0 Å². The van der Waals surface area contributed by atoms with E-state index in [9.17, 15) is 5.11 Å². The number of aliphatic hydroxyl groups is 1. The van der Waals surface area contributed by atoms with Gasteiger partial charge in [0, 0.05) is 27.9 Å². The average Bonchev–Trinajstić information content (AvgIpc) is 2.96. The Morgan fingerprint density at radius 1 is 1.29 bits per heavy atom. The Balaban J connectivity index is 2.03. The van der Waals surface area contributed by atoms with Gasteiger partial charge < -0.3 is 9.84 Å². The van der Waals surface area contributed by atoms with E-state index in [4.69, 9.17) is 4.74 Å². The number of thiophene rings is 1. The van der Waals surface area contributed by atoms with E-state index in [1.807, 2.05) is 12.1 Å². The van der Waals surface area contributed by atoms with E-state index in [2.05, 4.69) is 30.1 Å². The molecule has 1 aromatic carbocycles. The summed E-state index contributed by atoms with van der Waals surface area (Å²) in [4.78, 5) is 5.36. The van der Waals surface area contributed by atoms with Crippen molar-refractivity contribution in [2.45, 2.75) is 19.4 Å². The minimum absolute atomic E-state index is 0.0201. The molecule has 0 saturated carbocycles. The van der Waals surface area contributed by atoms with Crippen molar-refractivity contribution < 1.29 is 9.84 Å². The smallest absolute Gasteiger partial charge is 0.119 e. The highest BCUT2D eigenvalue weighted by Gasteiger charge is 2.15. The highest BCUT2D eigenvalue weighted by atomic mass is 32.1. The van der Waals surface area contributed by atoms with E-state index in [1.165, 1.54) is 15.0 Å². The lowest BCUT2D eigenvalue weighted by Gasteiger charge is -2.13. The van der Waals surface area contributed by atoms with Gasteiger partial charge in [-0.05, 0) is 46.8 Å². The molecular formula is C17H17NO2S. The van der Waals surface area contributed by atoms with Crippen molar-refractivity contribution in [1.82, 2.24) is 4.98 Å². The van der Waals surface area contributed by atoms with Crippen molar-refractivity contribution in [3.05, 3.63) is 58.7 Å². The van der Waals surface area contributed by atoms with E-state index in [0.29, 0.717) is 0 Å². The summed E-state index contributed by atoms with van der Waals surface area (Å²) < 4.78 is 6.52. The van der Waals surface area contributed by atoms with Gasteiger partial charge in [0.1, 0.15) is 5.75 Å². The Labute approximate surface area is 127 Å². The molecule has 4 heteroatoms. The summed E-state index contributed by atoms with van der Waals surface area (Å²) in [7, 11) is 1.68. The quantitative estimate of drug-likeness (QED) is 0.793. The first-order valence-electron chi connectivity index (χ1n) is 6.84. The summed E-state index contributed by atoms with van der Waals surface area (Å²) in [5.74, 6) is 1.11. The molecule has 0 fully saturated rings. The van der Waals surface area contributed by atoms with Crippen LogP contribution in [-0.4, -0.2) is 17.2 Å². The Morgan fingerprint density at radius 2 is 2.14 bits per heavy atom. The van der Waals surface area contributed by atoms with E-state index in [0.717, 1.165) is 16.9 Å². The normalized spacial score (nSPS) is 12.5. The molecule has 3 aromatic rings. The highest BCUT2D eigenvalue weighted by Crippen LogP contribution is 2.36. The molecule has 0 amide bonds. The second-order valence-corrected chi connectivity index (χ2v) is 6.12. The second kappa shape index (κ2) is 5.84. The molecule has 21 heavy (non-hydrogen) atoms. The van der Waals surface area contributed by atoms with Crippen LogP contribution in [0.3, 0.4) is 0 Å². The molecule has 3 nitrogen and oxygen atoms in total. The molecule has 1 atom stereocenters. The number of hydrogen-bond acceptors (Lipinski definition) is 4. The fraction of sp³-hybridized carbons (Fsp3) is 0.235. The molecule has 108 valence electrons. The van der Waals surface area contributed by atoms with Gasteiger partial charge in [-0.25, -0.2) is 0 Å². The summed E-state index contributed by atoms with van der Waals surface area (Å²) in [6, 6.07) is 10.3. The van der Waals surface area contributed by atoms with Crippen LogP contribution in [0.1, 0.15) is 28.8 Å². The van der Waals surface area contributed by atoms with E-state index in [1.54, 1.807) is 30.8 Å². The first-order valence-corrected chi connectivity index (χ1v) is 7.65. The van der Waals surface area contributed by atoms with Gasteiger partial charge >= 0.3 is 0 Å². The summed E-state index contributed by atoms with van der Waals surface area (Å²) in [6.07, 6.45) is 3.52. The number of pyridine rings is 1. The first kappa shape index (κ1) is 14.0. The van der Waals surface area contributed by atoms with Gasteiger partial charge in [-0.15, -0.1) is 11.3 Å². The minimum Gasteiger partial charge on any atom is -0.497 e. The van der Waals surface area contributed by atoms with Gasteiger partial charge in [0.05, 0.1) is 13.7 Å². The number of rotatable bonds is 4. The zero-order valence-corrected chi connectivity index (χ0v) is 12.9. The van der Waals surface area contributed by atoms with Crippen LogP contribution in [0.5, 0.6) is 5.75 Å². The molecule has 3 rings (SSSR count). The molecule has 2 heterocycles. The lowest BCUT2D eigenvalue weighted by molar-refractivity contribution is 0.280. The van der Waals surface area contributed by atoms with Crippen molar-refractivity contribution in [2.24, 2.45) is 0 Å². The Bertz CT molecular complexity index is 766. The molecule has 2 aromatic heterocycles. The Hall–Kier alpha value is -1.91. The average molecular weight is 299 g/mol. The van der Waals surface area contributed by atoms with Gasteiger partial charge in [-0.1, -0.05) is 6.92 Å². The third kappa shape index (κ3) is 2.64. The lowest BCUT2D eigenvalue weighted by Crippen LogP contribution is -2.00. The number of fused-ring (bicyclic) bond motifs is 1. The van der Waals surface area contributed by atoms with E-state index >= 15 is 0 Å². The van der Waals surface area contributed by atoms with Crippen molar-refractivity contribution in [3.8, 4) is 5.75 Å². The van der Waals surface area contributed by atoms with E-state index < -0.39 is 0 Å². The molecule has 0 aliphatic heterocycles. The summed E-state index contributed by atoms with van der Waals surface area (Å²) >= 11 is 1.78. The number of nitrogens with zero attached hydrogens (tertiary/aromatic N) is 1. The van der Waals surface area contributed by atoms with Crippen molar-refractivity contribution >= 4 is 21.4 Å². The van der Waals surface area contributed by atoms with Gasteiger partial charge in [0.25, 0.3) is 0 Å². The molecule has 0 aliphatic rings. The fourth-order valence-corrected chi connectivity index (χ4v) is 3.64. The number of aliphatic hydroxyl groups excluding tert-OH is 1. The molecule has 1 N–H and O–H groups in total. The highest BCUT2D eigenvalue weighted by molar-refractivity contribution is 7.19. The maximum absolute atomic E-state index is 9.47. The van der Waals surface area contributed by atoms with Gasteiger partial charge in [-0.2, -0.15) is 0 Å². The Kier molecular flexibility index (Phi) is 3.90. The molecule has 0 saturated heterocycles. The third-order valence-electron chi connectivity index (χ3n) is 3.75. The van der Waals surface area contributed by atoms with Crippen LogP contribution in [0.25, 0.3) is 10.1 Å². The number of aromatic nitrogens is 1. The van der Waals surface area contributed by atoms with Crippen molar-refractivity contribution in [2.75, 3.05) is 7.11 Å². The molecule has 0 aliphatic carbocycles. The van der Waals surface area contributed by atoms with Crippen LogP contribution in [0, 0.1) is 0 Å². The van der Waals surface area contributed by atoms with Crippen LogP contribution < -0.4 is 4.74 Å². The van der Waals surface area contributed by atoms with Crippen molar-refractivity contribution in [1.29, 1.82) is 0 Å². The van der Waals surface area contributed by atoms with Crippen molar-refractivity contribution in [3.63, 3.8) is 0 Å². The van der Waals surface area contributed by atoms with Crippen LogP contribution >= 0.6 is 11.3 Å². The summed E-state index contributed by atoms with van der Waals surface area (Å²) in [5, 5.41) is 10.7.